The lowest BCUT2D eigenvalue weighted by molar-refractivity contribution is -0.142. The molecule has 2 aromatic heterocycles. The summed E-state index contributed by atoms with van der Waals surface area (Å²) in [6.07, 6.45) is 6.61. The second-order valence-electron chi connectivity index (χ2n) is 16.5. The molecule has 1 aliphatic carbocycles. The van der Waals surface area contributed by atoms with Gasteiger partial charge < -0.3 is 24.4 Å². The van der Waals surface area contributed by atoms with Gasteiger partial charge >= 0.3 is 0 Å². The molecular weight excluding hydrogens is 707 g/mol. The molecule has 298 valence electrons. The molecule has 0 bridgehead atoms. The molecule has 4 atom stereocenters. The smallest absolute Gasteiger partial charge is 0.293 e. The number of hydrogen-bond donors (Lipinski definition) is 2. The number of carbonyl (C=O) groups is 4. The van der Waals surface area contributed by atoms with Crippen LogP contribution in [0.15, 0.2) is 60.9 Å². The van der Waals surface area contributed by atoms with Gasteiger partial charge in [0.05, 0.1) is 12.3 Å². The van der Waals surface area contributed by atoms with Gasteiger partial charge in [-0.25, -0.2) is 5.43 Å². The van der Waals surface area contributed by atoms with Crippen LogP contribution < -0.4 is 10.7 Å². The maximum absolute atomic E-state index is 14.0. The van der Waals surface area contributed by atoms with E-state index in [0.717, 1.165) is 58.2 Å². The highest BCUT2D eigenvalue weighted by Gasteiger charge is 2.46. The Morgan fingerprint density at radius 2 is 1.84 bits per heavy atom. The number of carbonyl (C=O) groups excluding carboxylic acids is 4. The van der Waals surface area contributed by atoms with E-state index in [9.17, 15) is 19.2 Å². The molecule has 56 heavy (non-hydrogen) atoms. The zero-order valence-electron chi connectivity index (χ0n) is 34.0. The predicted molar refractivity (Wildman–Crippen MR) is 218 cm³/mol. The van der Waals surface area contributed by atoms with Crippen molar-refractivity contribution in [3.05, 3.63) is 77.6 Å². The highest BCUT2D eigenvalue weighted by atomic mass is 16.5. The van der Waals surface area contributed by atoms with E-state index in [-0.39, 0.29) is 42.7 Å². The van der Waals surface area contributed by atoms with Crippen LogP contribution in [-0.4, -0.2) is 102 Å². The Kier molecular flexibility index (Phi) is 12.3. The summed E-state index contributed by atoms with van der Waals surface area (Å²) in [6.45, 7) is 13.1. The van der Waals surface area contributed by atoms with E-state index in [1.54, 1.807) is 12.1 Å². The fourth-order valence-electron chi connectivity index (χ4n) is 9.08. The Balaban J connectivity index is 1.44. The fraction of sp³-hybridized carbons (Fsp3) is 0.477. The first-order chi connectivity index (χ1) is 26.8. The number of likely N-dealkylation sites (N-methyl/N-ethyl adjacent to an activating group) is 2. The number of hydrogen-bond acceptors (Lipinski definition) is 8. The van der Waals surface area contributed by atoms with Gasteiger partial charge in [0.1, 0.15) is 12.1 Å². The van der Waals surface area contributed by atoms with Crippen molar-refractivity contribution in [2.45, 2.75) is 84.5 Å². The highest BCUT2D eigenvalue weighted by molar-refractivity contribution is 5.97. The number of amides is 3. The van der Waals surface area contributed by atoms with Gasteiger partial charge in [-0.1, -0.05) is 58.0 Å². The number of fused-ring (bicyclic) bond motifs is 5. The summed E-state index contributed by atoms with van der Waals surface area (Å²) in [5.41, 5.74) is 11.4. The SMILES string of the molecule is CCn1c2c(c3cc(-c4cccc(CC(NC(=O)C(C(C)C)N(C)C=O)C(=O)N5CCCCN5)c4)ccc31)C(C(C)(C)COC=O)[C@@H](N(C)C)c1ccncc1-2. The fourth-order valence-corrected chi connectivity index (χ4v) is 9.08. The lowest BCUT2D eigenvalue weighted by atomic mass is 9.65. The van der Waals surface area contributed by atoms with Crippen LogP contribution in [0.2, 0.25) is 0 Å². The van der Waals surface area contributed by atoms with Crippen molar-refractivity contribution in [1.82, 2.24) is 35.1 Å². The molecule has 0 saturated carbocycles. The first kappa shape index (κ1) is 40.6. The van der Waals surface area contributed by atoms with Crippen molar-refractivity contribution in [2.24, 2.45) is 11.3 Å². The standard InChI is InChI=1S/C44H57N7O5/c1-9-50-36-16-15-31(23-33(36)37-38(44(4,5)25-56-27-53)41(48(6)7)32-17-19-45-24-34(32)40(37)50)30-14-12-13-29(21-30)22-35(43(55)51-20-11-10-18-46-51)47-42(54)39(28(2)3)49(8)26-52/h12-17,19,21,23-24,26-28,35,38-39,41,46H,9-11,18,20,22,25H2,1-8H3,(H,47,54)/t35?,38?,39?,41-/m0/s1. The van der Waals surface area contributed by atoms with E-state index in [4.69, 9.17) is 4.74 Å². The van der Waals surface area contributed by atoms with Crippen LogP contribution in [0, 0.1) is 11.3 Å². The Bertz CT molecular complexity index is 2070. The summed E-state index contributed by atoms with van der Waals surface area (Å²) < 4.78 is 7.87. The van der Waals surface area contributed by atoms with Crippen molar-refractivity contribution >= 4 is 35.6 Å². The summed E-state index contributed by atoms with van der Waals surface area (Å²) in [4.78, 5) is 59.1. The van der Waals surface area contributed by atoms with Gasteiger partial charge in [-0.05, 0) is 85.8 Å². The molecule has 1 aliphatic heterocycles. The first-order valence-electron chi connectivity index (χ1n) is 19.8. The van der Waals surface area contributed by atoms with Crippen LogP contribution in [0.25, 0.3) is 33.3 Å². The maximum Gasteiger partial charge on any atom is 0.293 e. The van der Waals surface area contributed by atoms with Crippen molar-refractivity contribution in [1.29, 1.82) is 0 Å². The molecule has 1 fully saturated rings. The molecule has 12 nitrogen and oxygen atoms in total. The number of rotatable bonds is 15. The largest absolute Gasteiger partial charge is 0.467 e. The van der Waals surface area contributed by atoms with E-state index in [2.05, 4.69) is 96.5 Å². The van der Waals surface area contributed by atoms with Crippen LogP contribution in [0.1, 0.15) is 76.1 Å². The predicted octanol–water partition coefficient (Wildman–Crippen LogP) is 5.56. The van der Waals surface area contributed by atoms with Gasteiger partial charge in [-0.3, -0.25) is 29.2 Å². The topological polar surface area (TPSA) is 129 Å². The third-order valence-electron chi connectivity index (χ3n) is 11.6. The molecule has 4 aromatic rings. The van der Waals surface area contributed by atoms with Crippen LogP contribution in [0.5, 0.6) is 0 Å². The number of nitrogens with zero attached hydrogens (tertiary/aromatic N) is 5. The number of nitrogens with one attached hydrogen (secondary N) is 2. The molecule has 2 N–H and O–H groups in total. The van der Waals surface area contributed by atoms with Crippen LogP contribution in [0.3, 0.4) is 0 Å². The summed E-state index contributed by atoms with van der Waals surface area (Å²) in [6, 6.07) is 15.3. The number of benzene rings is 2. The summed E-state index contributed by atoms with van der Waals surface area (Å²) in [5.74, 6) is -0.751. The van der Waals surface area contributed by atoms with E-state index < -0.39 is 17.5 Å². The normalized spacial score (nSPS) is 17.9. The first-order valence-corrected chi connectivity index (χ1v) is 19.8. The van der Waals surface area contributed by atoms with Gasteiger partial charge in [0, 0.05) is 79.3 Å². The molecule has 3 unspecified atom stereocenters. The zero-order valence-corrected chi connectivity index (χ0v) is 34.0. The molecule has 0 radical (unpaired) electrons. The van der Waals surface area contributed by atoms with Crippen LogP contribution in [-0.2, 0) is 36.9 Å². The minimum Gasteiger partial charge on any atom is -0.467 e. The average Bonchev–Trinajstić information content (AvgIpc) is 3.52. The maximum atomic E-state index is 14.0. The van der Waals surface area contributed by atoms with Crippen molar-refractivity contribution in [3.8, 4) is 22.4 Å². The minimum atomic E-state index is -0.842. The van der Waals surface area contributed by atoms with Gasteiger partial charge in [0.25, 0.3) is 12.4 Å². The third kappa shape index (κ3) is 7.82. The zero-order chi connectivity index (χ0) is 40.3. The van der Waals surface area contributed by atoms with E-state index in [1.165, 1.54) is 16.0 Å². The second kappa shape index (κ2) is 17.0. The van der Waals surface area contributed by atoms with Crippen LogP contribution in [0.4, 0.5) is 0 Å². The Morgan fingerprint density at radius 1 is 1.07 bits per heavy atom. The number of aromatic nitrogens is 2. The Morgan fingerprint density at radius 3 is 2.50 bits per heavy atom. The van der Waals surface area contributed by atoms with Gasteiger partial charge in [0.2, 0.25) is 12.3 Å². The molecule has 3 amide bonds. The monoisotopic (exact) mass is 763 g/mol. The lowest BCUT2D eigenvalue weighted by Crippen LogP contribution is -2.58. The Labute approximate surface area is 330 Å². The molecule has 2 aliphatic rings. The highest BCUT2D eigenvalue weighted by Crippen LogP contribution is 2.57. The molecule has 6 rings (SSSR count). The van der Waals surface area contributed by atoms with Gasteiger partial charge in [-0.15, -0.1) is 0 Å². The summed E-state index contributed by atoms with van der Waals surface area (Å²) in [5, 5.41) is 5.78. The van der Waals surface area contributed by atoms with E-state index >= 15 is 0 Å². The third-order valence-corrected chi connectivity index (χ3v) is 11.6. The van der Waals surface area contributed by atoms with E-state index in [1.807, 2.05) is 38.4 Å². The number of pyridine rings is 1. The number of ether oxygens (including phenoxy) is 1. The lowest BCUT2D eigenvalue weighted by Gasteiger charge is -2.45. The van der Waals surface area contributed by atoms with Crippen molar-refractivity contribution in [3.63, 3.8) is 0 Å². The van der Waals surface area contributed by atoms with Gasteiger partial charge in [0.15, 0.2) is 0 Å². The molecule has 12 heteroatoms. The summed E-state index contributed by atoms with van der Waals surface area (Å²) >= 11 is 0. The molecule has 3 heterocycles. The molecule has 1 saturated heterocycles. The average molecular weight is 764 g/mol. The van der Waals surface area contributed by atoms with Crippen molar-refractivity contribution in [2.75, 3.05) is 40.8 Å². The molecular formula is C44H57N7O5. The quantitative estimate of drug-likeness (QED) is 0.151. The second-order valence-corrected chi connectivity index (χ2v) is 16.5. The summed E-state index contributed by atoms with van der Waals surface area (Å²) in [7, 11) is 5.79. The van der Waals surface area contributed by atoms with Gasteiger partial charge in [-0.2, -0.15) is 0 Å². The molecule has 0 spiro atoms. The van der Waals surface area contributed by atoms with Crippen LogP contribution >= 0.6 is 0 Å². The Hall–Kier alpha value is -5.07. The number of hydrazine groups is 1. The number of aryl methyl sites for hydroxylation is 1. The van der Waals surface area contributed by atoms with E-state index in [0.29, 0.717) is 26.0 Å². The molecule has 2 aromatic carbocycles. The minimum absolute atomic E-state index is 0.00525. The van der Waals surface area contributed by atoms with Crippen molar-refractivity contribution < 1.29 is 23.9 Å².